The first kappa shape index (κ1) is 17.9. The fraction of sp³-hybridized carbons (Fsp3) is 0.125. The predicted molar refractivity (Wildman–Crippen MR) is 89.4 cm³/mol. The van der Waals surface area contributed by atoms with E-state index in [2.05, 4.69) is 31.1 Å². The Bertz CT molecular complexity index is 709. The van der Waals surface area contributed by atoms with E-state index in [1.807, 2.05) is 6.07 Å². The van der Waals surface area contributed by atoms with Crippen molar-refractivity contribution in [1.82, 2.24) is 0 Å². The van der Waals surface area contributed by atoms with Crippen molar-refractivity contribution in [2.24, 2.45) is 5.16 Å². The Hall–Kier alpha value is -2.48. The summed E-state index contributed by atoms with van der Waals surface area (Å²) in [6, 6.07) is 13.0. The van der Waals surface area contributed by atoms with Gasteiger partial charge < -0.3 is 14.9 Å². The fourth-order valence-corrected chi connectivity index (χ4v) is 2.09. The van der Waals surface area contributed by atoms with Gasteiger partial charge in [0.2, 0.25) is 0 Å². The third-order valence-electron chi connectivity index (χ3n) is 2.69. The van der Waals surface area contributed by atoms with E-state index in [-0.39, 0.29) is 18.3 Å². The molecule has 8 heteroatoms. The molecule has 0 saturated heterocycles. The van der Waals surface area contributed by atoms with Crippen LogP contribution in [0.15, 0.2) is 58.2 Å². The monoisotopic (exact) mass is 398 g/mol. The molecule has 126 valence electrons. The van der Waals surface area contributed by atoms with Crippen molar-refractivity contribution in [1.29, 1.82) is 0 Å². The van der Waals surface area contributed by atoms with Gasteiger partial charge in [-0.15, -0.1) is 0 Å². The Morgan fingerprint density at radius 3 is 2.67 bits per heavy atom. The molecule has 0 heterocycles. The number of halogens is 3. The van der Waals surface area contributed by atoms with Crippen LogP contribution in [0.2, 0.25) is 0 Å². The lowest BCUT2D eigenvalue weighted by Crippen LogP contribution is -2.16. The SMILES string of the molecule is O=C(CO/N=C\c1ccc(OC(F)F)cc1)Nc1cccc(Br)c1. The average molecular weight is 399 g/mol. The quantitative estimate of drug-likeness (QED) is 0.565. The molecule has 0 bridgehead atoms. The van der Waals surface area contributed by atoms with E-state index in [0.717, 1.165) is 4.47 Å². The summed E-state index contributed by atoms with van der Waals surface area (Å²) in [5, 5.41) is 6.30. The molecule has 0 radical (unpaired) electrons. The van der Waals surface area contributed by atoms with E-state index in [4.69, 9.17) is 4.84 Å². The van der Waals surface area contributed by atoms with Crippen molar-refractivity contribution in [2.45, 2.75) is 6.61 Å². The van der Waals surface area contributed by atoms with Gasteiger partial charge in [0.05, 0.1) is 6.21 Å². The molecule has 2 aromatic rings. The van der Waals surface area contributed by atoms with Crippen molar-refractivity contribution in [3.8, 4) is 5.75 Å². The number of anilines is 1. The van der Waals surface area contributed by atoms with Crippen LogP contribution in [0.4, 0.5) is 14.5 Å². The number of nitrogens with one attached hydrogen (secondary N) is 1. The molecule has 0 saturated carbocycles. The van der Waals surface area contributed by atoms with Gasteiger partial charge in [-0.3, -0.25) is 4.79 Å². The summed E-state index contributed by atoms with van der Waals surface area (Å²) in [5.41, 5.74) is 1.25. The van der Waals surface area contributed by atoms with Crippen LogP contribution in [0.5, 0.6) is 5.75 Å². The summed E-state index contributed by atoms with van der Waals surface area (Å²) in [5.74, 6) is -0.303. The number of nitrogens with zero attached hydrogens (tertiary/aromatic N) is 1. The molecule has 0 aliphatic rings. The molecule has 0 spiro atoms. The number of hydrogen-bond acceptors (Lipinski definition) is 4. The minimum Gasteiger partial charge on any atom is -0.435 e. The fourth-order valence-electron chi connectivity index (χ4n) is 1.69. The van der Waals surface area contributed by atoms with Crippen LogP contribution < -0.4 is 10.1 Å². The maximum atomic E-state index is 12.0. The Kier molecular flexibility index (Phi) is 6.68. The first-order chi connectivity index (χ1) is 11.5. The Morgan fingerprint density at radius 2 is 2.00 bits per heavy atom. The molecule has 0 aliphatic heterocycles. The molecule has 24 heavy (non-hydrogen) atoms. The van der Waals surface area contributed by atoms with E-state index in [1.165, 1.54) is 30.5 Å². The largest absolute Gasteiger partial charge is 0.435 e. The minimum absolute atomic E-state index is 0.0523. The number of rotatable bonds is 7. The van der Waals surface area contributed by atoms with Gasteiger partial charge >= 0.3 is 6.61 Å². The maximum Gasteiger partial charge on any atom is 0.387 e. The van der Waals surface area contributed by atoms with Crippen molar-refractivity contribution in [3.63, 3.8) is 0 Å². The van der Waals surface area contributed by atoms with Gasteiger partial charge in [0.15, 0.2) is 6.61 Å². The molecule has 1 amide bonds. The van der Waals surface area contributed by atoms with Crippen LogP contribution >= 0.6 is 15.9 Å². The highest BCUT2D eigenvalue weighted by atomic mass is 79.9. The summed E-state index contributed by atoms with van der Waals surface area (Å²) < 4.78 is 29.1. The lowest BCUT2D eigenvalue weighted by Gasteiger charge is -2.05. The van der Waals surface area contributed by atoms with Crippen LogP contribution in [0.3, 0.4) is 0 Å². The third kappa shape index (κ3) is 6.33. The number of amides is 1. The maximum absolute atomic E-state index is 12.0. The molecular weight excluding hydrogens is 386 g/mol. The van der Waals surface area contributed by atoms with Gasteiger partial charge in [0.25, 0.3) is 5.91 Å². The molecule has 2 aromatic carbocycles. The average Bonchev–Trinajstić information content (AvgIpc) is 2.52. The molecule has 0 aromatic heterocycles. The second-order valence-electron chi connectivity index (χ2n) is 4.51. The first-order valence-electron chi connectivity index (χ1n) is 6.78. The van der Waals surface area contributed by atoms with E-state index in [9.17, 15) is 13.6 Å². The second-order valence-corrected chi connectivity index (χ2v) is 5.43. The predicted octanol–water partition coefficient (Wildman–Crippen LogP) is 4.04. The summed E-state index contributed by atoms with van der Waals surface area (Å²) in [6.07, 6.45) is 1.36. The van der Waals surface area contributed by atoms with Crippen LogP contribution in [0.1, 0.15) is 5.56 Å². The zero-order valence-electron chi connectivity index (χ0n) is 12.3. The van der Waals surface area contributed by atoms with Gasteiger partial charge in [0, 0.05) is 10.2 Å². The Balaban J connectivity index is 1.76. The molecule has 0 aliphatic carbocycles. The van der Waals surface area contributed by atoms with Crippen LogP contribution in [0.25, 0.3) is 0 Å². The van der Waals surface area contributed by atoms with Gasteiger partial charge in [-0.1, -0.05) is 27.2 Å². The molecule has 2 rings (SSSR count). The number of oxime groups is 1. The van der Waals surface area contributed by atoms with Gasteiger partial charge in [-0.25, -0.2) is 0 Å². The van der Waals surface area contributed by atoms with Crippen LogP contribution in [0, 0.1) is 0 Å². The normalized spacial score (nSPS) is 10.8. The zero-order chi connectivity index (χ0) is 17.4. The van der Waals surface area contributed by atoms with Crippen molar-refractivity contribution in [3.05, 3.63) is 58.6 Å². The molecule has 5 nitrogen and oxygen atoms in total. The standard InChI is InChI=1S/C16H13BrF2N2O3/c17-12-2-1-3-13(8-12)21-15(22)10-23-20-9-11-4-6-14(7-5-11)24-16(18)19/h1-9,16H,10H2,(H,21,22)/b20-9-. The summed E-state index contributed by atoms with van der Waals surface area (Å²) in [6.45, 7) is -3.12. The molecule has 0 unspecified atom stereocenters. The molecule has 0 atom stereocenters. The summed E-state index contributed by atoms with van der Waals surface area (Å²) in [7, 11) is 0. The lowest BCUT2D eigenvalue weighted by atomic mass is 10.2. The molecule has 1 N–H and O–H groups in total. The summed E-state index contributed by atoms with van der Waals surface area (Å²) in [4.78, 5) is 16.6. The number of benzene rings is 2. The Morgan fingerprint density at radius 1 is 1.25 bits per heavy atom. The zero-order valence-corrected chi connectivity index (χ0v) is 13.9. The second kappa shape index (κ2) is 8.97. The highest BCUT2D eigenvalue weighted by molar-refractivity contribution is 9.10. The first-order valence-corrected chi connectivity index (χ1v) is 7.58. The number of alkyl halides is 2. The van der Waals surface area contributed by atoms with Crippen molar-refractivity contribution in [2.75, 3.05) is 11.9 Å². The van der Waals surface area contributed by atoms with Gasteiger partial charge in [0.1, 0.15) is 5.75 Å². The van der Waals surface area contributed by atoms with Crippen LogP contribution in [-0.2, 0) is 9.63 Å². The number of ether oxygens (including phenoxy) is 1. The van der Waals surface area contributed by atoms with Crippen LogP contribution in [-0.4, -0.2) is 25.3 Å². The van der Waals surface area contributed by atoms with E-state index < -0.39 is 6.61 Å². The van der Waals surface area contributed by atoms with Gasteiger partial charge in [-0.2, -0.15) is 8.78 Å². The highest BCUT2D eigenvalue weighted by Gasteiger charge is 2.04. The number of carbonyl (C=O) groups is 1. The number of hydrogen-bond donors (Lipinski definition) is 1. The van der Waals surface area contributed by atoms with Crippen molar-refractivity contribution >= 4 is 33.7 Å². The topological polar surface area (TPSA) is 59.9 Å². The third-order valence-corrected chi connectivity index (χ3v) is 3.18. The highest BCUT2D eigenvalue weighted by Crippen LogP contribution is 2.15. The lowest BCUT2D eigenvalue weighted by molar-refractivity contribution is -0.120. The summed E-state index contributed by atoms with van der Waals surface area (Å²) >= 11 is 3.30. The van der Waals surface area contributed by atoms with E-state index >= 15 is 0 Å². The van der Waals surface area contributed by atoms with E-state index in [1.54, 1.807) is 18.2 Å². The Labute approximate surface area is 145 Å². The minimum atomic E-state index is -2.86. The van der Waals surface area contributed by atoms with E-state index in [0.29, 0.717) is 11.3 Å². The van der Waals surface area contributed by atoms with Gasteiger partial charge in [-0.05, 0) is 48.0 Å². The van der Waals surface area contributed by atoms with Crippen molar-refractivity contribution < 1.29 is 23.1 Å². The number of carbonyl (C=O) groups excluding carboxylic acids is 1. The smallest absolute Gasteiger partial charge is 0.387 e. The molecule has 0 fully saturated rings. The molecular formula is C16H13BrF2N2O3.